The van der Waals surface area contributed by atoms with Crippen molar-refractivity contribution >= 4 is 16.7 Å². The van der Waals surface area contributed by atoms with E-state index in [-0.39, 0.29) is 0 Å². The number of aryl methyl sites for hydroxylation is 3. The van der Waals surface area contributed by atoms with E-state index in [1.54, 1.807) is 0 Å². The number of unbranched alkanes of at least 4 members (excludes halogenated alkanes) is 1. The first-order chi connectivity index (χ1) is 27.1. The Bertz CT molecular complexity index is 2060. The van der Waals surface area contributed by atoms with Gasteiger partial charge in [0.15, 0.2) is 0 Å². The maximum atomic E-state index is 4.23. The van der Waals surface area contributed by atoms with Gasteiger partial charge in [0.1, 0.15) is 0 Å². The van der Waals surface area contributed by atoms with Crippen molar-refractivity contribution in [3.63, 3.8) is 0 Å². The van der Waals surface area contributed by atoms with Gasteiger partial charge in [0, 0.05) is 0 Å². The summed E-state index contributed by atoms with van der Waals surface area (Å²) in [5.41, 5.74) is 16.6. The Balaban J connectivity index is 0.000000216. The highest BCUT2D eigenvalue weighted by Crippen LogP contribution is 2.30. The zero-order valence-electron chi connectivity index (χ0n) is 35.6. The van der Waals surface area contributed by atoms with Crippen molar-refractivity contribution < 1.29 is 0 Å². The zero-order chi connectivity index (χ0) is 40.7. The molecule has 0 fully saturated rings. The molecule has 0 aliphatic rings. The fourth-order valence-electron chi connectivity index (χ4n) is 6.14. The molecule has 6 rings (SSSR count). The zero-order valence-corrected chi connectivity index (χ0v) is 35.6. The van der Waals surface area contributed by atoms with Gasteiger partial charge in [0.2, 0.25) is 0 Å². The molecule has 0 saturated carbocycles. The van der Waals surface area contributed by atoms with E-state index < -0.39 is 0 Å². The fraction of sp³-hybridized carbons (Fsp3) is 0.250. The summed E-state index contributed by atoms with van der Waals surface area (Å²) < 4.78 is 0. The van der Waals surface area contributed by atoms with Crippen LogP contribution in [-0.2, 0) is 6.42 Å². The SMILES string of the molecule is C=C(/C=C(/c1ccccc1)C(C)CC)c1ccccc1.C=C(C)c1cccc(-c2ccc(C)cc2)c1.CCCC.CCCc1ccccc1-c1ccccc1C. The number of benzene rings is 6. The summed E-state index contributed by atoms with van der Waals surface area (Å²) in [6, 6.07) is 55.4. The van der Waals surface area contributed by atoms with Crippen molar-refractivity contribution in [1.29, 1.82) is 0 Å². The maximum Gasteiger partial charge on any atom is -0.0149 e. The molecule has 0 spiro atoms. The molecule has 0 radical (unpaired) electrons. The molecule has 290 valence electrons. The molecule has 1 unspecified atom stereocenters. The molecular weight excluding hydrogens is 673 g/mol. The average molecular weight is 739 g/mol. The van der Waals surface area contributed by atoms with E-state index in [0.29, 0.717) is 5.92 Å². The molecule has 0 heterocycles. The van der Waals surface area contributed by atoms with E-state index in [4.69, 9.17) is 0 Å². The summed E-state index contributed by atoms with van der Waals surface area (Å²) in [6.45, 7) is 25.6. The van der Waals surface area contributed by atoms with Crippen molar-refractivity contribution in [3.8, 4) is 22.3 Å². The highest BCUT2D eigenvalue weighted by Gasteiger charge is 2.10. The second-order valence-corrected chi connectivity index (χ2v) is 14.6. The molecule has 0 heteroatoms. The Hall–Kier alpha value is -5.46. The number of rotatable bonds is 11. The molecule has 0 aliphatic carbocycles. The minimum Gasteiger partial charge on any atom is -0.0955 e. The summed E-state index contributed by atoms with van der Waals surface area (Å²) in [7, 11) is 0. The minimum atomic E-state index is 0.526. The normalized spacial score (nSPS) is 11.0. The van der Waals surface area contributed by atoms with Crippen LogP contribution < -0.4 is 0 Å². The predicted octanol–water partition coefficient (Wildman–Crippen LogP) is 16.9. The Kier molecular flexibility index (Phi) is 19.9. The molecule has 0 bridgehead atoms. The molecule has 1 atom stereocenters. The second-order valence-electron chi connectivity index (χ2n) is 14.6. The average Bonchev–Trinajstić information content (AvgIpc) is 3.24. The Morgan fingerprint density at radius 2 is 1.07 bits per heavy atom. The van der Waals surface area contributed by atoms with Crippen LogP contribution in [0.2, 0.25) is 0 Å². The van der Waals surface area contributed by atoms with Gasteiger partial charge in [-0.2, -0.15) is 0 Å². The third kappa shape index (κ3) is 14.6. The summed E-state index contributed by atoms with van der Waals surface area (Å²) >= 11 is 0. The number of allylic oxidation sites excluding steroid dienone is 4. The van der Waals surface area contributed by atoms with Gasteiger partial charge in [-0.15, -0.1) is 0 Å². The van der Waals surface area contributed by atoms with Gasteiger partial charge in [0.25, 0.3) is 0 Å². The molecule has 0 aromatic heterocycles. The smallest absolute Gasteiger partial charge is 0.0149 e. The van der Waals surface area contributed by atoms with Gasteiger partial charge in [0.05, 0.1) is 0 Å². The van der Waals surface area contributed by atoms with E-state index in [2.05, 4.69) is 219 Å². The quantitative estimate of drug-likeness (QED) is 0.116. The topological polar surface area (TPSA) is 0 Å². The highest BCUT2D eigenvalue weighted by atomic mass is 14.1. The third-order valence-corrected chi connectivity index (χ3v) is 9.94. The molecule has 6 aromatic rings. The molecule has 0 aliphatic heterocycles. The first-order valence-electron chi connectivity index (χ1n) is 20.6. The van der Waals surface area contributed by atoms with Crippen molar-refractivity contribution in [2.24, 2.45) is 5.92 Å². The van der Waals surface area contributed by atoms with Crippen LogP contribution in [0.1, 0.15) is 101 Å². The van der Waals surface area contributed by atoms with Gasteiger partial charge < -0.3 is 0 Å². The third-order valence-electron chi connectivity index (χ3n) is 9.94. The lowest BCUT2D eigenvalue weighted by atomic mass is 9.89. The summed E-state index contributed by atoms with van der Waals surface area (Å²) in [5, 5.41) is 0. The van der Waals surface area contributed by atoms with Crippen molar-refractivity contribution in [3.05, 3.63) is 210 Å². The molecular formula is C56H66. The van der Waals surface area contributed by atoms with Crippen LogP contribution in [0.25, 0.3) is 39.0 Å². The van der Waals surface area contributed by atoms with Gasteiger partial charge in [-0.25, -0.2) is 0 Å². The van der Waals surface area contributed by atoms with E-state index in [1.165, 1.54) is 80.5 Å². The highest BCUT2D eigenvalue weighted by molar-refractivity contribution is 5.83. The molecule has 0 N–H and O–H groups in total. The lowest BCUT2D eigenvalue weighted by Crippen LogP contribution is -1.98. The largest absolute Gasteiger partial charge is 0.0955 e. The van der Waals surface area contributed by atoms with Crippen molar-refractivity contribution in [2.45, 2.75) is 87.5 Å². The molecule has 0 nitrogen and oxygen atoms in total. The minimum absolute atomic E-state index is 0.526. The lowest BCUT2D eigenvalue weighted by molar-refractivity contribution is 0.718. The fourth-order valence-corrected chi connectivity index (χ4v) is 6.14. The first kappa shape index (κ1) is 44.9. The molecule has 0 amide bonds. The van der Waals surface area contributed by atoms with Crippen LogP contribution in [0.15, 0.2) is 177 Å². The van der Waals surface area contributed by atoms with Crippen LogP contribution in [-0.4, -0.2) is 0 Å². The van der Waals surface area contributed by atoms with Crippen LogP contribution in [0.5, 0.6) is 0 Å². The Morgan fingerprint density at radius 1 is 0.536 bits per heavy atom. The lowest BCUT2D eigenvalue weighted by Gasteiger charge is -2.16. The standard InChI is InChI=1S/C20H22.C16H16.C16H18.C4H10/c1-4-16(2)20(19-13-9-6-10-14-19)15-17(3)18-11-7-5-8-12-18;1-12(2)15-5-4-6-16(11-15)14-9-7-13(3)8-10-14;1-3-8-14-10-5-7-12-16(14)15-11-6-4-9-13(15)2;1-3-4-2/h5-16H,3-4H2,1-2H3;4-11H,1H2,2-3H3;4-7,9-12H,3,8H2,1-2H3;3-4H2,1-2H3/b20-15+;;;. The van der Waals surface area contributed by atoms with Gasteiger partial charge >= 0.3 is 0 Å². The molecule has 6 aromatic carbocycles. The van der Waals surface area contributed by atoms with Crippen LogP contribution in [0, 0.1) is 19.8 Å². The van der Waals surface area contributed by atoms with E-state index in [9.17, 15) is 0 Å². The summed E-state index contributed by atoms with van der Waals surface area (Å²) in [6.07, 6.45) is 8.36. The van der Waals surface area contributed by atoms with Crippen molar-refractivity contribution in [1.82, 2.24) is 0 Å². The number of hydrogen-bond donors (Lipinski definition) is 0. The summed E-state index contributed by atoms with van der Waals surface area (Å²) in [4.78, 5) is 0. The predicted molar refractivity (Wildman–Crippen MR) is 252 cm³/mol. The number of hydrogen-bond acceptors (Lipinski definition) is 0. The Morgan fingerprint density at radius 3 is 1.62 bits per heavy atom. The van der Waals surface area contributed by atoms with E-state index >= 15 is 0 Å². The van der Waals surface area contributed by atoms with Crippen LogP contribution in [0.4, 0.5) is 0 Å². The monoisotopic (exact) mass is 739 g/mol. The maximum absolute atomic E-state index is 4.23. The van der Waals surface area contributed by atoms with Crippen LogP contribution in [0.3, 0.4) is 0 Å². The Labute approximate surface area is 341 Å². The van der Waals surface area contributed by atoms with Gasteiger partial charge in [-0.1, -0.05) is 236 Å². The second kappa shape index (κ2) is 24.8. The summed E-state index contributed by atoms with van der Waals surface area (Å²) in [5.74, 6) is 0.526. The molecule has 56 heavy (non-hydrogen) atoms. The van der Waals surface area contributed by atoms with E-state index in [1.807, 2.05) is 13.0 Å². The van der Waals surface area contributed by atoms with Crippen LogP contribution >= 0.6 is 0 Å². The molecule has 0 saturated heterocycles. The van der Waals surface area contributed by atoms with Gasteiger partial charge in [-0.05, 0) is 107 Å². The van der Waals surface area contributed by atoms with Crippen molar-refractivity contribution in [2.75, 3.05) is 0 Å². The first-order valence-corrected chi connectivity index (χ1v) is 20.6. The van der Waals surface area contributed by atoms with E-state index in [0.717, 1.165) is 24.0 Å². The van der Waals surface area contributed by atoms with Gasteiger partial charge in [-0.3, -0.25) is 0 Å².